The maximum atomic E-state index is 13.0. The molecular formula is C15H20FN3O3. The Kier molecular flexibility index (Phi) is 5.46. The molecule has 120 valence electrons. The van der Waals surface area contributed by atoms with E-state index in [4.69, 9.17) is 4.74 Å². The summed E-state index contributed by atoms with van der Waals surface area (Å²) >= 11 is 0. The number of carbonyl (C=O) groups excluding carboxylic acids is 2. The second-order valence-corrected chi connectivity index (χ2v) is 5.37. The number of halogens is 1. The third kappa shape index (κ3) is 4.02. The van der Waals surface area contributed by atoms with Gasteiger partial charge in [0.15, 0.2) is 0 Å². The van der Waals surface area contributed by atoms with Gasteiger partial charge >= 0.3 is 5.97 Å². The lowest BCUT2D eigenvalue weighted by Gasteiger charge is -2.18. The number of ether oxygens (including phenoxy) is 1. The van der Waals surface area contributed by atoms with Gasteiger partial charge in [-0.3, -0.25) is 15.0 Å². The smallest absolute Gasteiger partial charge is 0.312 e. The maximum Gasteiger partial charge on any atom is 0.312 e. The van der Waals surface area contributed by atoms with Crippen LogP contribution in [0.15, 0.2) is 24.3 Å². The van der Waals surface area contributed by atoms with Crippen molar-refractivity contribution >= 4 is 11.9 Å². The summed E-state index contributed by atoms with van der Waals surface area (Å²) in [4.78, 5) is 25.0. The van der Waals surface area contributed by atoms with Crippen LogP contribution in [-0.4, -0.2) is 44.0 Å². The van der Waals surface area contributed by atoms with Gasteiger partial charge in [0, 0.05) is 20.6 Å². The van der Waals surface area contributed by atoms with Crippen LogP contribution in [0.3, 0.4) is 0 Å². The molecule has 0 spiro atoms. The van der Waals surface area contributed by atoms with Crippen molar-refractivity contribution in [3.63, 3.8) is 0 Å². The molecule has 0 radical (unpaired) electrons. The van der Waals surface area contributed by atoms with E-state index < -0.39 is 5.92 Å². The summed E-state index contributed by atoms with van der Waals surface area (Å²) in [5.74, 6) is -1.21. The van der Waals surface area contributed by atoms with Gasteiger partial charge in [0.1, 0.15) is 12.4 Å². The first kappa shape index (κ1) is 16.4. The van der Waals surface area contributed by atoms with Crippen LogP contribution in [-0.2, 0) is 14.3 Å². The van der Waals surface area contributed by atoms with Gasteiger partial charge in [0.2, 0.25) is 5.91 Å². The molecule has 1 fully saturated rings. The van der Waals surface area contributed by atoms with E-state index >= 15 is 0 Å². The van der Waals surface area contributed by atoms with Crippen LogP contribution in [0, 0.1) is 11.7 Å². The zero-order valence-corrected chi connectivity index (χ0v) is 12.6. The standard InChI is InChI=1S/C15H20FN3O3/c1-19(2)13(20)7-8-22-15(21)12-9-17-18-14(12)10-3-5-11(16)6-4-10/h3-6,12,14,17-18H,7-9H2,1-2H3. The van der Waals surface area contributed by atoms with E-state index in [0.717, 1.165) is 5.56 Å². The van der Waals surface area contributed by atoms with Gasteiger partial charge in [-0.15, -0.1) is 0 Å². The highest BCUT2D eigenvalue weighted by Crippen LogP contribution is 2.26. The highest BCUT2D eigenvalue weighted by molar-refractivity contribution is 5.77. The molecule has 0 aliphatic carbocycles. The number of esters is 1. The van der Waals surface area contributed by atoms with Crippen molar-refractivity contribution in [1.82, 2.24) is 15.8 Å². The lowest BCUT2D eigenvalue weighted by atomic mass is 9.95. The maximum absolute atomic E-state index is 13.0. The predicted octanol–water partition coefficient (Wildman–Crippen LogP) is 0.612. The first-order valence-electron chi connectivity index (χ1n) is 7.09. The number of amides is 1. The van der Waals surface area contributed by atoms with E-state index in [1.165, 1.54) is 17.0 Å². The zero-order valence-electron chi connectivity index (χ0n) is 12.6. The Morgan fingerprint density at radius 2 is 2.00 bits per heavy atom. The molecule has 1 aromatic carbocycles. The van der Waals surface area contributed by atoms with Crippen LogP contribution >= 0.6 is 0 Å². The van der Waals surface area contributed by atoms with Gasteiger partial charge in [0.25, 0.3) is 0 Å². The Labute approximate surface area is 128 Å². The molecule has 2 N–H and O–H groups in total. The SMILES string of the molecule is CN(C)C(=O)CCOC(=O)C1CNNC1c1ccc(F)cc1. The Balaban J connectivity index is 1.91. The number of hydrazine groups is 1. The molecule has 1 aromatic rings. The van der Waals surface area contributed by atoms with Crippen LogP contribution in [0.2, 0.25) is 0 Å². The van der Waals surface area contributed by atoms with Gasteiger partial charge in [-0.1, -0.05) is 12.1 Å². The van der Waals surface area contributed by atoms with Crippen molar-refractivity contribution in [2.75, 3.05) is 27.2 Å². The number of hydrogen-bond acceptors (Lipinski definition) is 5. The fourth-order valence-corrected chi connectivity index (χ4v) is 2.27. The molecule has 0 bridgehead atoms. The molecule has 7 heteroatoms. The van der Waals surface area contributed by atoms with E-state index in [1.54, 1.807) is 26.2 Å². The summed E-state index contributed by atoms with van der Waals surface area (Å²) in [6.45, 7) is 0.477. The van der Waals surface area contributed by atoms with E-state index in [-0.39, 0.29) is 36.8 Å². The number of nitrogens with one attached hydrogen (secondary N) is 2. The molecule has 1 aliphatic rings. The molecule has 2 atom stereocenters. The van der Waals surface area contributed by atoms with Gasteiger partial charge in [-0.25, -0.2) is 9.82 Å². The highest BCUT2D eigenvalue weighted by Gasteiger charge is 2.35. The zero-order chi connectivity index (χ0) is 16.1. The van der Waals surface area contributed by atoms with Crippen molar-refractivity contribution in [3.8, 4) is 0 Å². The summed E-state index contributed by atoms with van der Waals surface area (Å²) in [6.07, 6.45) is 0.160. The molecule has 1 aliphatic heterocycles. The normalized spacial score (nSPS) is 20.7. The topological polar surface area (TPSA) is 70.7 Å². The summed E-state index contributed by atoms with van der Waals surface area (Å²) in [5, 5.41) is 0. The average molecular weight is 309 g/mol. The van der Waals surface area contributed by atoms with Crippen molar-refractivity contribution in [2.45, 2.75) is 12.5 Å². The lowest BCUT2D eigenvalue weighted by Crippen LogP contribution is -2.28. The van der Waals surface area contributed by atoms with Crippen molar-refractivity contribution in [3.05, 3.63) is 35.6 Å². The number of nitrogens with zero attached hydrogens (tertiary/aromatic N) is 1. The first-order chi connectivity index (χ1) is 10.5. The summed E-state index contributed by atoms with van der Waals surface area (Å²) in [6, 6.07) is 5.70. The van der Waals surface area contributed by atoms with Crippen molar-refractivity contribution < 1.29 is 18.7 Å². The molecule has 6 nitrogen and oxygen atoms in total. The van der Waals surface area contributed by atoms with Crippen LogP contribution in [0.25, 0.3) is 0 Å². The average Bonchev–Trinajstić information content (AvgIpc) is 2.97. The number of rotatable bonds is 5. The number of benzene rings is 1. The first-order valence-corrected chi connectivity index (χ1v) is 7.09. The minimum atomic E-state index is -0.417. The van der Waals surface area contributed by atoms with E-state index in [9.17, 15) is 14.0 Å². The van der Waals surface area contributed by atoms with E-state index in [1.807, 2.05) is 0 Å². The van der Waals surface area contributed by atoms with Gasteiger partial charge < -0.3 is 9.64 Å². The second-order valence-electron chi connectivity index (χ2n) is 5.37. The fraction of sp³-hybridized carbons (Fsp3) is 0.467. The Hall–Kier alpha value is -1.99. The van der Waals surface area contributed by atoms with Gasteiger partial charge in [-0.2, -0.15) is 0 Å². The molecule has 0 aromatic heterocycles. The summed E-state index contributed by atoms with van der Waals surface area (Å²) in [7, 11) is 3.30. The third-order valence-corrected chi connectivity index (χ3v) is 3.57. The minimum Gasteiger partial charge on any atom is -0.465 e. The number of carbonyl (C=O) groups is 2. The Morgan fingerprint density at radius 1 is 1.32 bits per heavy atom. The third-order valence-electron chi connectivity index (χ3n) is 3.57. The van der Waals surface area contributed by atoms with Gasteiger partial charge in [0.05, 0.1) is 18.4 Å². The summed E-state index contributed by atoms with van der Waals surface area (Å²) < 4.78 is 18.2. The van der Waals surface area contributed by atoms with Crippen molar-refractivity contribution in [2.24, 2.45) is 5.92 Å². The molecule has 1 amide bonds. The monoisotopic (exact) mass is 309 g/mol. The van der Waals surface area contributed by atoms with Crippen molar-refractivity contribution in [1.29, 1.82) is 0 Å². The Bertz CT molecular complexity index is 533. The minimum absolute atomic E-state index is 0.0580. The molecule has 22 heavy (non-hydrogen) atoms. The molecule has 0 saturated carbocycles. The van der Waals surface area contributed by atoms with Crippen LogP contribution in [0.5, 0.6) is 0 Å². The molecule has 1 heterocycles. The van der Waals surface area contributed by atoms with Crippen LogP contribution in [0.1, 0.15) is 18.0 Å². The molecule has 2 unspecified atom stereocenters. The number of hydrogen-bond donors (Lipinski definition) is 2. The Morgan fingerprint density at radius 3 is 2.64 bits per heavy atom. The lowest BCUT2D eigenvalue weighted by molar-refractivity contribution is -0.149. The quantitative estimate of drug-likeness (QED) is 0.780. The predicted molar refractivity (Wildman–Crippen MR) is 78.0 cm³/mol. The van der Waals surface area contributed by atoms with Gasteiger partial charge in [-0.05, 0) is 17.7 Å². The summed E-state index contributed by atoms with van der Waals surface area (Å²) in [5.41, 5.74) is 6.71. The molecular weight excluding hydrogens is 289 g/mol. The van der Waals surface area contributed by atoms with E-state index in [0.29, 0.717) is 6.54 Å². The largest absolute Gasteiger partial charge is 0.465 e. The second kappa shape index (κ2) is 7.33. The van der Waals surface area contributed by atoms with Crippen LogP contribution in [0.4, 0.5) is 4.39 Å². The van der Waals surface area contributed by atoms with E-state index in [2.05, 4.69) is 10.9 Å². The van der Waals surface area contributed by atoms with Crippen LogP contribution < -0.4 is 10.9 Å². The molecule has 1 saturated heterocycles. The molecule has 2 rings (SSSR count). The fourth-order valence-electron chi connectivity index (χ4n) is 2.27. The highest BCUT2D eigenvalue weighted by atomic mass is 19.1.